The quantitative estimate of drug-likeness (QED) is 0.369. The van der Waals surface area contributed by atoms with E-state index in [1.807, 2.05) is 6.92 Å². The number of fused-ring (bicyclic) bond motifs is 2. The minimum atomic E-state index is -1.55. The van der Waals surface area contributed by atoms with Gasteiger partial charge in [0, 0.05) is 29.2 Å². The Morgan fingerprint density at radius 3 is 2.82 bits per heavy atom. The van der Waals surface area contributed by atoms with Gasteiger partial charge in [0.2, 0.25) is 5.88 Å². The number of hydrogen-bond acceptors (Lipinski definition) is 6. The molecule has 2 aromatic heterocycles. The lowest BCUT2D eigenvalue weighted by Gasteiger charge is -2.16. The summed E-state index contributed by atoms with van der Waals surface area (Å²) in [6.45, 7) is 5.54. The summed E-state index contributed by atoms with van der Waals surface area (Å²) in [6.07, 6.45) is 4.67. The topological polar surface area (TPSA) is 72.5 Å². The molecule has 0 amide bonds. The zero-order valence-corrected chi connectivity index (χ0v) is 18.4. The normalized spacial score (nSPS) is 15.2. The second-order valence-electron chi connectivity index (χ2n) is 8.26. The van der Waals surface area contributed by atoms with Crippen molar-refractivity contribution in [3.8, 4) is 23.1 Å². The molecule has 0 bridgehead atoms. The van der Waals surface area contributed by atoms with Gasteiger partial charge in [0.05, 0.1) is 27.3 Å². The van der Waals surface area contributed by atoms with E-state index in [0.717, 1.165) is 31.7 Å². The standard InChI is InChI=1S/C25H27FN4O3/c1-16-12-17-19(29-16)6-7-21(24(17)26)33-25-18-13-22(31-2)23(14-20(18)27-15-28-25)32-11-5-10-30-8-3-4-9-30/h6-7,12-15,29H,3-5,8-11H2,1-2H3/i2D2. The lowest BCUT2D eigenvalue weighted by molar-refractivity contribution is 0.254. The summed E-state index contributed by atoms with van der Waals surface area (Å²) in [5, 5.41) is 0.885. The highest BCUT2D eigenvalue weighted by Gasteiger charge is 2.17. The van der Waals surface area contributed by atoms with Gasteiger partial charge in [-0.3, -0.25) is 0 Å². The van der Waals surface area contributed by atoms with Gasteiger partial charge in [-0.2, -0.15) is 0 Å². The highest BCUT2D eigenvalue weighted by molar-refractivity contribution is 5.87. The van der Waals surface area contributed by atoms with Crippen LogP contribution in [0.4, 0.5) is 4.39 Å². The molecule has 3 heterocycles. The second-order valence-corrected chi connectivity index (χ2v) is 8.26. The second kappa shape index (κ2) is 9.23. The van der Waals surface area contributed by atoms with E-state index in [1.165, 1.54) is 19.2 Å². The molecule has 2 aromatic carbocycles. The van der Waals surface area contributed by atoms with Gasteiger partial charge in [-0.25, -0.2) is 14.4 Å². The number of likely N-dealkylation sites (tertiary alicyclic amines) is 1. The molecule has 4 aromatic rings. The molecule has 0 aliphatic carbocycles. The summed E-state index contributed by atoms with van der Waals surface area (Å²) < 4.78 is 47.4. The first-order valence-corrected chi connectivity index (χ1v) is 11.1. The Morgan fingerprint density at radius 1 is 1.09 bits per heavy atom. The van der Waals surface area contributed by atoms with Crippen LogP contribution in [0.3, 0.4) is 0 Å². The summed E-state index contributed by atoms with van der Waals surface area (Å²) in [7, 11) is -1.55. The van der Waals surface area contributed by atoms with Crippen molar-refractivity contribution >= 4 is 21.8 Å². The van der Waals surface area contributed by atoms with E-state index in [2.05, 4.69) is 19.9 Å². The Bertz CT molecular complexity index is 1340. The number of rotatable bonds is 8. The van der Waals surface area contributed by atoms with Crippen LogP contribution in [-0.2, 0) is 0 Å². The summed E-state index contributed by atoms with van der Waals surface area (Å²) in [4.78, 5) is 14.0. The number of benzene rings is 2. The molecule has 0 saturated carbocycles. The number of aromatic nitrogens is 3. The van der Waals surface area contributed by atoms with Crippen LogP contribution in [-0.4, -0.2) is 53.2 Å². The molecule has 1 N–H and O–H groups in total. The van der Waals surface area contributed by atoms with Gasteiger partial charge in [0.15, 0.2) is 23.1 Å². The van der Waals surface area contributed by atoms with Gasteiger partial charge in [-0.1, -0.05) is 0 Å². The summed E-state index contributed by atoms with van der Waals surface area (Å²) in [6, 6.07) is 8.26. The van der Waals surface area contributed by atoms with E-state index in [-0.39, 0.29) is 17.4 Å². The number of nitrogens with one attached hydrogen (secondary N) is 1. The van der Waals surface area contributed by atoms with Crippen molar-refractivity contribution < 1.29 is 21.3 Å². The first-order valence-electron chi connectivity index (χ1n) is 12.2. The maximum atomic E-state index is 15.1. The van der Waals surface area contributed by atoms with Crippen LogP contribution in [0.2, 0.25) is 0 Å². The minimum absolute atomic E-state index is 0.0278. The molecule has 1 aliphatic rings. The van der Waals surface area contributed by atoms with E-state index in [0.29, 0.717) is 34.2 Å². The maximum Gasteiger partial charge on any atom is 0.230 e. The highest BCUT2D eigenvalue weighted by Crippen LogP contribution is 2.37. The molecule has 8 heteroatoms. The summed E-state index contributed by atoms with van der Waals surface area (Å²) >= 11 is 0. The fourth-order valence-electron chi connectivity index (χ4n) is 4.27. The number of halogens is 1. The third kappa shape index (κ3) is 4.43. The van der Waals surface area contributed by atoms with Crippen molar-refractivity contribution in [2.75, 3.05) is 33.3 Å². The van der Waals surface area contributed by atoms with Crippen LogP contribution >= 0.6 is 0 Å². The number of H-pyrrole nitrogens is 1. The van der Waals surface area contributed by atoms with Gasteiger partial charge in [-0.05, 0) is 63.5 Å². The third-order valence-corrected chi connectivity index (χ3v) is 5.91. The van der Waals surface area contributed by atoms with Crippen molar-refractivity contribution in [3.63, 3.8) is 0 Å². The molecule has 7 nitrogen and oxygen atoms in total. The summed E-state index contributed by atoms with van der Waals surface area (Å²) in [5.74, 6) is 0.275. The number of nitrogens with zero attached hydrogens (tertiary/aromatic N) is 3. The molecule has 0 unspecified atom stereocenters. The van der Waals surface area contributed by atoms with Gasteiger partial charge in [0.25, 0.3) is 0 Å². The molecule has 1 aliphatic heterocycles. The molecule has 1 fully saturated rings. The summed E-state index contributed by atoms with van der Waals surface area (Å²) in [5.41, 5.74) is 2.04. The molecule has 5 rings (SSSR count). The van der Waals surface area contributed by atoms with Crippen molar-refractivity contribution in [1.29, 1.82) is 0 Å². The zero-order chi connectivity index (χ0) is 24.4. The molecule has 1 saturated heterocycles. The average molecular weight is 453 g/mol. The Hall–Kier alpha value is -3.39. The van der Waals surface area contributed by atoms with E-state index in [4.69, 9.17) is 17.0 Å². The number of hydrogen-bond donors (Lipinski definition) is 1. The minimum Gasteiger partial charge on any atom is -0.493 e. The van der Waals surface area contributed by atoms with E-state index in [1.54, 1.807) is 30.3 Å². The first-order chi connectivity index (χ1) is 17.0. The molecule has 0 radical (unpaired) electrons. The Labute approximate surface area is 194 Å². The van der Waals surface area contributed by atoms with E-state index < -0.39 is 12.9 Å². The van der Waals surface area contributed by atoms with Crippen LogP contribution < -0.4 is 14.2 Å². The number of ether oxygens (including phenoxy) is 3. The van der Waals surface area contributed by atoms with Crippen LogP contribution in [0.5, 0.6) is 23.1 Å². The molecule has 0 spiro atoms. The van der Waals surface area contributed by atoms with Gasteiger partial charge in [-0.15, -0.1) is 0 Å². The van der Waals surface area contributed by atoms with Crippen molar-refractivity contribution in [3.05, 3.63) is 48.2 Å². The van der Waals surface area contributed by atoms with Crippen LogP contribution in [0.25, 0.3) is 21.8 Å². The van der Waals surface area contributed by atoms with E-state index >= 15 is 4.39 Å². The Balaban J connectivity index is 1.41. The zero-order valence-electron chi connectivity index (χ0n) is 20.4. The molecule has 0 atom stereocenters. The fraction of sp³-hybridized carbons (Fsp3) is 0.360. The maximum absolute atomic E-state index is 15.1. The van der Waals surface area contributed by atoms with Crippen molar-refractivity contribution in [1.82, 2.24) is 19.9 Å². The molecule has 172 valence electrons. The first kappa shape index (κ1) is 19.1. The predicted octanol–water partition coefficient (Wildman–Crippen LogP) is 5.22. The van der Waals surface area contributed by atoms with Gasteiger partial charge in [0.1, 0.15) is 6.33 Å². The third-order valence-electron chi connectivity index (χ3n) is 5.91. The number of methoxy groups -OCH3 is 1. The SMILES string of the molecule is [2H]C([2H])Oc1cc2c(Oc3ccc4[nH]c(C)cc4c3F)ncnc2cc1OCCCN1CCCC1. The molecular formula is C25H27FN4O3. The average Bonchev–Trinajstić information content (AvgIpc) is 3.48. The molecule has 33 heavy (non-hydrogen) atoms. The van der Waals surface area contributed by atoms with Crippen molar-refractivity contribution in [2.24, 2.45) is 0 Å². The van der Waals surface area contributed by atoms with Crippen LogP contribution in [0.1, 0.15) is 27.7 Å². The largest absolute Gasteiger partial charge is 0.493 e. The van der Waals surface area contributed by atoms with Gasteiger partial charge < -0.3 is 24.1 Å². The number of aromatic amines is 1. The lowest BCUT2D eigenvalue weighted by Crippen LogP contribution is -2.21. The monoisotopic (exact) mass is 452 g/mol. The highest BCUT2D eigenvalue weighted by atomic mass is 19.1. The molecular weight excluding hydrogens is 423 g/mol. The van der Waals surface area contributed by atoms with Crippen molar-refractivity contribution in [2.45, 2.75) is 26.2 Å². The Morgan fingerprint density at radius 2 is 1.97 bits per heavy atom. The Kier molecular flexibility index (Phi) is 5.35. The van der Waals surface area contributed by atoms with Crippen LogP contribution in [0.15, 0.2) is 36.7 Å². The van der Waals surface area contributed by atoms with Crippen LogP contribution in [0, 0.1) is 12.7 Å². The van der Waals surface area contributed by atoms with E-state index in [9.17, 15) is 0 Å². The van der Waals surface area contributed by atoms with Gasteiger partial charge >= 0.3 is 0 Å². The predicted molar refractivity (Wildman–Crippen MR) is 125 cm³/mol. The number of aryl methyl sites for hydroxylation is 1. The fourth-order valence-corrected chi connectivity index (χ4v) is 4.27. The lowest BCUT2D eigenvalue weighted by atomic mass is 10.2. The smallest absolute Gasteiger partial charge is 0.230 e.